The largest absolute Gasteiger partial charge is 0.497 e. The number of ether oxygens (including phenoxy) is 1. The van der Waals surface area contributed by atoms with E-state index in [1.54, 1.807) is 12.1 Å². The lowest BCUT2D eigenvalue weighted by Gasteiger charge is -2.34. The predicted octanol–water partition coefficient (Wildman–Crippen LogP) is 1.83. The Morgan fingerprint density at radius 3 is 2.68 bits per heavy atom. The molecular formula is C14H16O5. The summed E-state index contributed by atoms with van der Waals surface area (Å²) in [7, 11) is 1.50. The Morgan fingerprint density at radius 2 is 2.11 bits per heavy atom. The minimum absolute atomic E-state index is 0.342. The number of fused-ring (bicyclic) bond motifs is 1. The van der Waals surface area contributed by atoms with Crippen molar-refractivity contribution in [1.82, 2.24) is 0 Å². The van der Waals surface area contributed by atoms with Crippen LogP contribution in [0.1, 0.15) is 30.4 Å². The van der Waals surface area contributed by atoms with Crippen molar-refractivity contribution < 1.29 is 24.5 Å². The van der Waals surface area contributed by atoms with Crippen LogP contribution in [-0.4, -0.2) is 29.3 Å². The number of hydrogen-bond acceptors (Lipinski definition) is 3. The van der Waals surface area contributed by atoms with Crippen LogP contribution in [0, 0.1) is 0 Å². The lowest BCUT2D eigenvalue weighted by molar-refractivity contribution is -0.151. The molecule has 102 valence electrons. The standard InChI is InChI=1S/C14H16O5/c1-19-10-5-4-9-3-2-6-14(13(17)18,8-12(15)16)11(9)7-10/h4-5,7H,2-3,6,8H2,1H3,(H,15,16)(H,17,18)/t14-/m0/s1. The average Bonchev–Trinajstić information content (AvgIpc) is 2.37. The summed E-state index contributed by atoms with van der Waals surface area (Å²) in [5, 5.41) is 18.6. The first-order valence-corrected chi connectivity index (χ1v) is 6.12. The fraction of sp³-hybridized carbons (Fsp3) is 0.429. The van der Waals surface area contributed by atoms with Crippen molar-refractivity contribution in [3.05, 3.63) is 29.3 Å². The zero-order valence-electron chi connectivity index (χ0n) is 10.7. The van der Waals surface area contributed by atoms with Crippen molar-refractivity contribution in [2.24, 2.45) is 0 Å². The van der Waals surface area contributed by atoms with Gasteiger partial charge in [-0.15, -0.1) is 0 Å². The highest BCUT2D eigenvalue weighted by Gasteiger charge is 2.45. The molecule has 0 saturated heterocycles. The quantitative estimate of drug-likeness (QED) is 0.866. The zero-order chi connectivity index (χ0) is 14.0. The summed E-state index contributed by atoms with van der Waals surface area (Å²) in [6.07, 6.45) is 1.39. The molecule has 0 aromatic heterocycles. The molecule has 0 unspecified atom stereocenters. The van der Waals surface area contributed by atoms with Gasteiger partial charge in [0.05, 0.1) is 13.5 Å². The van der Waals surface area contributed by atoms with Crippen molar-refractivity contribution in [2.75, 3.05) is 7.11 Å². The number of hydrogen-bond donors (Lipinski definition) is 2. The zero-order valence-corrected chi connectivity index (χ0v) is 10.7. The van der Waals surface area contributed by atoms with E-state index in [4.69, 9.17) is 9.84 Å². The molecule has 1 aromatic rings. The summed E-state index contributed by atoms with van der Waals surface area (Å²) in [5.74, 6) is -1.63. The number of carboxylic acid groups (broad SMARTS) is 2. The van der Waals surface area contributed by atoms with E-state index in [2.05, 4.69) is 0 Å². The Labute approximate surface area is 110 Å². The van der Waals surface area contributed by atoms with Gasteiger partial charge in [-0.05, 0) is 42.5 Å². The van der Waals surface area contributed by atoms with Crippen LogP contribution in [0.15, 0.2) is 18.2 Å². The molecule has 0 heterocycles. The molecule has 1 atom stereocenters. The highest BCUT2D eigenvalue weighted by molar-refractivity contribution is 5.88. The first-order chi connectivity index (χ1) is 8.99. The van der Waals surface area contributed by atoms with Crippen LogP contribution in [0.2, 0.25) is 0 Å². The van der Waals surface area contributed by atoms with Gasteiger partial charge >= 0.3 is 11.9 Å². The number of carboxylic acids is 2. The summed E-state index contributed by atoms with van der Waals surface area (Å²) >= 11 is 0. The SMILES string of the molecule is COc1ccc2c(c1)[C@](CC(=O)O)(C(=O)O)CCC2. The van der Waals surface area contributed by atoms with E-state index in [0.29, 0.717) is 24.2 Å². The molecule has 0 radical (unpaired) electrons. The molecule has 2 N–H and O–H groups in total. The molecule has 1 aromatic carbocycles. The molecule has 5 nitrogen and oxygen atoms in total. The summed E-state index contributed by atoms with van der Waals surface area (Å²) in [6, 6.07) is 5.26. The van der Waals surface area contributed by atoms with E-state index in [1.165, 1.54) is 7.11 Å². The van der Waals surface area contributed by atoms with Gasteiger partial charge in [0.2, 0.25) is 0 Å². The van der Waals surface area contributed by atoms with Gasteiger partial charge in [0.25, 0.3) is 0 Å². The molecule has 0 amide bonds. The van der Waals surface area contributed by atoms with Crippen LogP contribution >= 0.6 is 0 Å². The van der Waals surface area contributed by atoms with Gasteiger partial charge in [0, 0.05) is 0 Å². The molecule has 0 saturated carbocycles. The Hall–Kier alpha value is -2.04. The molecule has 0 spiro atoms. The number of aryl methyl sites for hydroxylation is 1. The first kappa shape index (κ1) is 13.4. The second kappa shape index (κ2) is 4.91. The van der Waals surface area contributed by atoms with Crippen molar-refractivity contribution in [3.8, 4) is 5.75 Å². The third-order valence-electron chi connectivity index (χ3n) is 3.74. The minimum atomic E-state index is -1.34. The highest BCUT2D eigenvalue weighted by Crippen LogP contribution is 2.42. The van der Waals surface area contributed by atoms with Gasteiger partial charge in [-0.2, -0.15) is 0 Å². The number of carbonyl (C=O) groups is 2. The van der Waals surface area contributed by atoms with Gasteiger partial charge in [0.15, 0.2) is 0 Å². The van der Waals surface area contributed by atoms with Crippen LogP contribution in [0.3, 0.4) is 0 Å². The van der Waals surface area contributed by atoms with Gasteiger partial charge in [-0.3, -0.25) is 9.59 Å². The van der Waals surface area contributed by atoms with E-state index in [0.717, 1.165) is 12.0 Å². The number of rotatable bonds is 4. The molecular weight excluding hydrogens is 248 g/mol. The molecule has 1 aliphatic carbocycles. The Bertz CT molecular complexity index is 523. The summed E-state index contributed by atoms with van der Waals surface area (Å²) in [5.41, 5.74) is 0.136. The lowest BCUT2D eigenvalue weighted by atomic mass is 9.68. The predicted molar refractivity (Wildman–Crippen MR) is 67.5 cm³/mol. The first-order valence-electron chi connectivity index (χ1n) is 6.12. The van der Waals surface area contributed by atoms with Gasteiger partial charge in [-0.1, -0.05) is 6.07 Å². The molecule has 2 rings (SSSR count). The molecule has 0 aliphatic heterocycles. The van der Waals surface area contributed by atoms with E-state index >= 15 is 0 Å². The Morgan fingerprint density at radius 1 is 1.37 bits per heavy atom. The maximum atomic E-state index is 11.7. The van der Waals surface area contributed by atoms with Gasteiger partial charge < -0.3 is 14.9 Å². The van der Waals surface area contributed by atoms with Gasteiger partial charge in [0.1, 0.15) is 11.2 Å². The number of aliphatic carboxylic acids is 2. The van der Waals surface area contributed by atoms with E-state index in [9.17, 15) is 14.7 Å². The lowest BCUT2D eigenvalue weighted by Crippen LogP contribution is -2.41. The highest BCUT2D eigenvalue weighted by atomic mass is 16.5. The Balaban J connectivity index is 2.59. The average molecular weight is 264 g/mol. The third-order valence-corrected chi connectivity index (χ3v) is 3.74. The smallest absolute Gasteiger partial charge is 0.314 e. The second-order valence-corrected chi connectivity index (χ2v) is 4.83. The maximum absolute atomic E-state index is 11.7. The van der Waals surface area contributed by atoms with Crippen molar-refractivity contribution in [3.63, 3.8) is 0 Å². The van der Waals surface area contributed by atoms with E-state index in [1.807, 2.05) is 6.07 Å². The molecule has 5 heteroatoms. The number of benzene rings is 1. The van der Waals surface area contributed by atoms with Crippen molar-refractivity contribution in [1.29, 1.82) is 0 Å². The topological polar surface area (TPSA) is 83.8 Å². The summed E-state index contributed by atoms with van der Waals surface area (Å²) in [6.45, 7) is 0. The molecule has 1 aliphatic rings. The summed E-state index contributed by atoms with van der Waals surface area (Å²) in [4.78, 5) is 22.7. The van der Waals surface area contributed by atoms with Crippen molar-refractivity contribution >= 4 is 11.9 Å². The van der Waals surface area contributed by atoms with Crippen LogP contribution in [0.4, 0.5) is 0 Å². The van der Waals surface area contributed by atoms with Gasteiger partial charge in [-0.25, -0.2) is 0 Å². The fourth-order valence-corrected chi connectivity index (χ4v) is 2.80. The normalized spacial score (nSPS) is 21.5. The maximum Gasteiger partial charge on any atom is 0.314 e. The second-order valence-electron chi connectivity index (χ2n) is 4.83. The number of methoxy groups -OCH3 is 1. The van der Waals surface area contributed by atoms with E-state index in [-0.39, 0.29) is 0 Å². The molecule has 19 heavy (non-hydrogen) atoms. The van der Waals surface area contributed by atoms with Crippen molar-refractivity contribution in [2.45, 2.75) is 31.1 Å². The van der Waals surface area contributed by atoms with Crippen LogP contribution in [-0.2, 0) is 21.4 Å². The van der Waals surface area contributed by atoms with Crippen LogP contribution < -0.4 is 4.74 Å². The monoisotopic (exact) mass is 264 g/mol. The summed E-state index contributed by atoms with van der Waals surface area (Å²) < 4.78 is 5.12. The van der Waals surface area contributed by atoms with Crippen LogP contribution in [0.5, 0.6) is 5.75 Å². The third kappa shape index (κ3) is 2.28. The van der Waals surface area contributed by atoms with E-state index < -0.39 is 23.8 Å². The molecule has 0 bridgehead atoms. The fourth-order valence-electron chi connectivity index (χ4n) is 2.80. The Kier molecular flexibility index (Phi) is 3.46. The van der Waals surface area contributed by atoms with Crippen LogP contribution in [0.25, 0.3) is 0 Å². The molecule has 0 fully saturated rings. The minimum Gasteiger partial charge on any atom is -0.497 e.